The summed E-state index contributed by atoms with van der Waals surface area (Å²) in [6.45, 7) is 6.72. The van der Waals surface area contributed by atoms with E-state index in [4.69, 9.17) is 0 Å². The number of hydrogen-bond acceptors (Lipinski definition) is 2. The summed E-state index contributed by atoms with van der Waals surface area (Å²) in [6.07, 6.45) is 4.36. The molecule has 0 radical (unpaired) electrons. The van der Waals surface area contributed by atoms with Crippen molar-refractivity contribution >= 4 is 0 Å². The van der Waals surface area contributed by atoms with Crippen molar-refractivity contribution in [2.75, 3.05) is 26.2 Å². The van der Waals surface area contributed by atoms with Crippen LogP contribution in [0.4, 0.5) is 0 Å². The topological polar surface area (TPSA) is 24.1 Å². The second-order valence-electron chi connectivity index (χ2n) is 3.35. The second kappa shape index (κ2) is 5.56. The van der Waals surface area contributed by atoms with Gasteiger partial charge in [0.1, 0.15) is 0 Å². The van der Waals surface area contributed by atoms with Crippen molar-refractivity contribution in [3.63, 3.8) is 0 Å². The largest absolute Gasteiger partial charge is 0.316 e. The van der Waals surface area contributed by atoms with Gasteiger partial charge in [0, 0.05) is 13.1 Å². The predicted octanol–water partition coefficient (Wildman–Crippen LogP) is 0.986. The maximum Gasteiger partial charge on any atom is 0.00768 e. The van der Waals surface area contributed by atoms with Gasteiger partial charge in [0.15, 0.2) is 0 Å². The van der Waals surface area contributed by atoms with Crippen molar-refractivity contribution in [1.29, 1.82) is 0 Å². The van der Waals surface area contributed by atoms with Gasteiger partial charge in [-0.25, -0.2) is 0 Å². The molecule has 0 aromatic rings. The molecule has 2 heteroatoms. The van der Waals surface area contributed by atoms with Crippen molar-refractivity contribution in [3.8, 4) is 0 Å². The van der Waals surface area contributed by atoms with Gasteiger partial charge in [0.2, 0.25) is 0 Å². The zero-order valence-electron chi connectivity index (χ0n) is 7.53. The Hall–Kier alpha value is -0.0800. The molecule has 1 fully saturated rings. The summed E-state index contributed by atoms with van der Waals surface area (Å²) < 4.78 is 0. The first-order chi connectivity index (χ1) is 5.43. The third-order valence-corrected chi connectivity index (χ3v) is 2.39. The molecule has 66 valence electrons. The van der Waals surface area contributed by atoms with Crippen LogP contribution in [0, 0.1) is 5.92 Å². The second-order valence-corrected chi connectivity index (χ2v) is 3.35. The highest BCUT2D eigenvalue weighted by molar-refractivity contribution is 4.71. The number of likely N-dealkylation sites (N-methyl/N-ethyl adjacent to an activating group) is 1. The molecule has 0 bridgehead atoms. The minimum absolute atomic E-state index is 0.997. The van der Waals surface area contributed by atoms with E-state index < -0.39 is 0 Å². The fraction of sp³-hybridized carbons (Fsp3) is 1.00. The van der Waals surface area contributed by atoms with Crippen LogP contribution in [0.3, 0.4) is 0 Å². The van der Waals surface area contributed by atoms with E-state index in [1.807, 2.05) is 0 Å². The minimum Gasteiger partial charge on any atom is -0.316 e. The summed E-state index contributed by atoms with van der Waals surface area (Å²) in [5, 5.41) is 6.76. The molecule has 0 aliphatic heterocycles. The van der Waals surface area contributed by atoms with Crippen molar-refractivity contribution in [3.05, 3.63) is 0 Å². The van der Waals surface area contributed by atoms with Gasteiger partial charge in [-0.2, -0.15) is 0 Å². The van der Waals surface area contributed by atoms with Crippen LogP contribution in [0.1, 0.15) is 26.2 Å². The normalized spacial score (nSPS) is 18.3. The van der Waals surface area contributed by atoms with Gasteiger partial charge in [-0.3, -0.25) is 0 Å². The van der Waals surface area contributed by atoms with E-state index in [0.29, 0.717) is 0 Å². The SMILES string of the molecule is CCNCCNCC1CCC1. The van der Waals surface area contributed by atoms with Crippen LogP contribution >= 0.6 is 0 Å². The predicted molar refractivity (Wildman–Crippen MR) is 48.8 cm³/mol. The van der Waals surface area contributed by atoms with Crippen LogP contribution < -0.4 is 10.6 Å². The maximum atomic E-state index is 3.46. The summed E-state index contributed by atoms with van der Waals surface area (Å²) in [6, 6.07) is 0. The van der Waals surface area contributed by atoms with Crippen LogP contribution in [0.15, 0.2) is 0 Å². The van der Waals surface area contributed by atoms with Crippen LogP contribution in [0.5, 0.6) is 0 Å². The van der Waals surface area contributed by atoms with E-state index >= 15 is 0 Å². The minimum atomic E-state index is 0.997. The van der Waals surface area contributed by atoms with Crippen molar-refractivity contribution in [2.45, 2.75) is 26.2 Å². The van der Waals surface area contributed by atoms with Gasteiger partial charge >= 0.3 is 0 Å². The molecule has 0 aromatic heterocycles. The van der Waals surface area contributed by atoms with Gasteiger partial charge in [-0.05, 0) is 31.8 Å². The molecule has 2 nitrogen and oxygen atoms in total. The quantitative estimate of drug-likeness (QED) is 0.560. The first-order valence-electron chi connectivity index (χ1n) is 4.85. The van der Waals surface area contributed by atoms with Crippen LogP contribution in [0.2, 0.25) is 0 Å². The molecule has 1 saturated carbocycles. The fourth-order valence-electron chi connectivity index (χ4n) is 1.36. The standard InChI is InChI=1S/C9H20N2/c1-2-10-6-7-11-8-9-4-3-5-9/h9-11H,2-8H2,1H3. The molecule has 0 heterocycles. The highest BCUT2D eigenvalue weighted by atomic mass is 14.9. The Morgan fingerprint density at radius 1 is 1.18 bits per heavy atom. The summed E-state index contributed by atoms with van der Waals surface area (Å²) in [5.74, 6) is 0.997. The number of nitrogens with one attached hydrogen (secondary N) is 2. The molecule has 0 saturated heterocycles. The maximum absolute atomic E-state index is 3.46. The summed E-state index contributed by atoms with van der Waals surface area (Å²) in [4.78, 5) is 0. The lowest BCUT2D eigenvalue weighted by atomic mass is 9.85. The molecular weight excluding hydrogens is 136 g/mol. The zero-order chi connectivity index (χ0) is 7.94. The lowest BCUT2D eigenvalue weighted by Gasteiger charge is -2.25. The lowest BCUT2D eigenvalue weighted by Crippen LogP contribution is -2.32. The van der Waals surface area contributed by atoms with E-state index in [9.17, 15) is 0 Å². The average Bonchev–Trinajstić information content (AvgIpc) is 1.93. The van der Waals surface area contributed by atoms with Gasteiger partial charge in [0.05, 0.1) is 0 Å². The molecule has 0 atom stereocenters. The Morgan fingerprint density at radius 3 is 2.45 bits per heavy atom. The van der Waals surface area contributed by atoms with Crippen molar-refractivity contribution < 1.29 is 0 Å². The Kier molecular flexibility index (Phi) is 4.55. The molecule has 0 spiro atoms. The first kappa shape index (κ1) is 9.01. The molecule has 1 rings (SSSR count). The third-order valence-electron chi connectivity index (χ3n) is 2.39. The Balaban J connectivity index is 1.73. The molecule has 1 aliphatic carbocycles. The number of rotatable bonds is 6. The molecule has 0 unspecified atom stereocenters. The van der Waals surface area contributed by atoms with Crippen molar-refractivity contribution in [2.24, 2.45) is 5.92 Å². The zero-order valence-corrected chi connectivity index (χ0v) is 7.53. The highest BCUT2D eigenvalue weighted by Crippen LogP contribution is 2.24. The third kappa shape index (κ3) is 3.73. The molecular formula is C9H20N2. The summed E-state index contributed by atoms with van der Waals surface area (Å²) in [7, 11) is 0. The van der Waals surface area contributed by atoms with Gasteiger partial charge < -0.3 is 10.6 Å². The van der Waals surface area contributed by atoms with Crippen LogP contribution in [0.25, 0.3) is 0 Å². The Bertz CT molecular complexity index is 89.6. The van der Waals surface area contributed by atoms with E-state index in [-0.39, 0.29) is 0 Å². The Morgan fingerprint density at radius 2 is 1.91 bits per heavy atom. The molecule has 11 heavy (non-hydrogen) atoms. The smallest absolute Gasteiger partial charge is 0.00768 e. The molecule has 2 N–H and O–H groups in total. The first-order valence-corrected chi connectivity index (χ1v) is 4.85. The molecule has 1 aliphatic rings. The Labute approximate surface area is 69.8 Å². The van der Waals surface area contributed by atoms with E-state index in [2.05, 4.69) is 17.6 Å². The number of hydrogen-bond donors (Lipinski definition) is 2. The fourth-order valence-corrected chi connectivity index (χ4v) is 1.36. The summed E-state index contributed by atoms with van der Waals surface area (Å²) >= 11 is 0. The van der Waals surface area contributed by atoms with E-state index in [1.165, 1.54) is 25.8 Å². The van der Waals surface area contributed by atoms with Crippen LogP contribution in [-0.4, -0.2) is 26.2 Å². The summed E-state index contributed by atoms with van der Waals surface area (Å²) in [5.41, 5.74) is 0. The van der Waals surface area contributed by atoms with Crippen LogP contribution in [-0.2, 0) is 0 Å². The van der Waals surface area contributed by atoms with E-state index in [1.54, 1.807) is 0 Å². The molecule has 0 aromatic carbocycles. The molecule has 0 amide bonds. The van der Waals surface area contributed by atoms with Crippen molar-refractivity contribution in [1.82, 2.24) is 10.6 Å². The van der Waals surface area contributed by atoms with Gasteiger partial charge in [-0.15, -0.1) is 0 Å². The van der Waals surface area contributed by atoms with Gasteiger partial charge in [-0.1, -0.05) is 13.3 Å². The average molecular weight is 156 g/mol. The van der Waals surface area contributed by atoms with E-state index in [0.717, 1.165) is 25.6 Å². The highest BCUT2D eigenvalue weighted by Gasteiger charge is 2.15. The van der Waals surface area contributed by atoms with Gasteiger partial charge in [0.25, 0.3) is 0 Å². The monoisotopic (exact) mass is 156 g/mol. The lowest BCUT2D eigenvalue weighted by molar-refractivity contribution is 0.302.